The Bertz CT molecular complexity index is 908. The second-order valence-electron chi connectivity index (χ2n) is 7.86. The number of aryl methyl sites for hydroxylation is 1. The molecule has 2 amide bonds. The van der Waals surface area contributed by atoms with Crippen LogP contribution in [0.3, 0.4) is 0 Å². The minimum atomic E-state index is -3.42. The summed E-state index contributed by atoms with van der Waals surface area (Å²) in [6.45, 7) is 3.52. The molecule has 1 unspecified atom stereocenters. The number of amides is 2. The first-order valence-electron chi connectivity index (χ1n) is 10.6. The zero-order valence-electron chi connectivity index (χ0n) is 17.5. The quantitative estimate of drug-likeness (QED) is 0.672. The number of hydrogen-bond acceptors (Lipinski definition) is 3. The van der Waals surface area contributed by atoms with E-state index in [1.807, 2.05) is 25.1 Å². The molecule has 6 nitrogen and oxygen atoms in total. The molecule has 3 rings (SSSR count). The number of hydrogen-bond donors (Lipinski definition) is 2. The Morgan fingerprint density at radius 3 is 2.30 bits per heavy atom. The maximum Gasteiger partial charge on any atom is 0.315 e. The molecule has 1 heterocycles. The van der Waals surface area contributed by atoms with E-state index in [1.54, 1.807) is 28.6 Å². The Balaban J connectivity index is 1.44. The fraction of sp³-hybridized carbons (Fsp3) is 0.435. The van der Waals surface area contributed by atoms with Crippen molar-refractivity contribution in [3.63, 3.8) is 0 Å². The number of rotatable bonds is 8. The molecule has 1 atom stereocenters. The third-order valence-electron chi connectivity index (χ3n) is 5.42. The van der Waals surface area contributed by atoms with Gasteiger partial charge in [-0.1, -0.05) is 48.9 Å². The van der Waals surface area contributed by atoms with Crippen LogP contribution in [0.15, 0.2) is 59.5 Å². The van der Waals surface area contributed by atoms with E-state index in [-0.39, 0.29) is 12.1 Å². The molecule has 0 spiro atoms. The van der Waals surface area contributed by atoms with Crippen molar-refractivity contribution < 1.29 is 13.2 Å². The van der Waals surface area contributed by atoms with E-state index in [0.29, 0.717) is 24.5 Å². The molecule has 2 aromatic rings. The maximum absolute atomic E-state index is 12.7. The first kappa shape index (κ1) is 22.3. The van der Waals surface area contributed by atoms with Crippen LogP contribution in [-0.2, 0) is 23.0 Å². The van der Waals surface area contributed by atoms with Gasteiger partial charge in [0.1, 0.15) is 0 Å². The van der Waals surface area contributed by atoms with Gasteiger partial charge in [-0.15, -0.1) is 0 Å². The first-order valence-corrected chi connectivity index (χ1v) is 12.1. The molecule has 1 aliphatic heterocycles. The summed E-state index contributed by atoms with van der Waals surface area (Å²) < 4.78 is 27.0. The third kappa shape index (κ3) is 6.31. The SMILES string of the molecule is CC(CCc1ccccc1)NC(=O)NCc1ccc(S(=O)(=O)N2CCCCC2)cc1. The van der Waals surface area contributed by atoms with Gasteiger partial charge in [0.25, 0.3) is 0 Å². The molecule has 7 heteroatoms. The highest BCUT2D eigenvalue weighted by atomic mass is 32.2. The fourth-order valence-electron chi connectivity index (χ4n) is 3.59. The second-order valence-corrected chi connectivity index (χ2v) is 9.80. The summed E-state index contributed by atoms with van der Waals surface area (Å²) in [6, 6.07) is 16.8. The summed E-state index contributed by atoms with van der Waals surface area (Å²) in [6.07, 6.45) is 4.69. The molecule has 1 aliphatic rings. The lowest BCUT2D eigenvalue weighted by molar-refractivity contribution is 0.237. The molecule has 1 saturated heterocycles. The van der Waals surface area contributed by atoms with E-state index in [4.69, 9.17) is 0 Å². The number of nitrogens with zero attached hydrogens (tertiary/aromatic N) is 1. The van der Waals surface area contributed by atoms with Gasteiger partial charge in [-0.25, -0.2) is 13.2 Å². The van der Waals surface area contributed by atoms with Crippen molar-refractivity contribution >= 4 is 16.1 Å². The number of carbonyl (C=O) groups is 1. The highest BCUT2D eigenvalue weighted by Gasteiger charge is 2.25. The molecule has 0 aromatic heterocycles. The van der Waals surface area contributed by atoms with Crippen molar-refractivity contribution in [2.45, 2.75) is 56.5 Å². The van der Waals surface area contributed by atoms with Crippen LogP contribution in [-0.4, -0.2) is 37.9 Å². The van der Waals surface area contributed by atoms with Gasteiger partial charge >= 0.3 is 6.03 Å². The summed E-state index contributed by atoms with van der Waals surface area (Å²) in [5.41, 5.74) is 2.12. The van der Waals surface area contributed by atoms with Crippen LogP contribution in [0.5, 0.6) is 0 Å². The van der Waals surface area contributed by atoms with Gasteiger partial charge in [0, 0.05) is 25.7 Å². The van der Waals surface area contributed by atoms with Gasteiger partial charge < -0.3 is 10.6 Å². The normalized spacial score (nSPS) is 16.0. The summed E-state index contributed by atoms with van der Waals surface area (Å²) in [7, 11) is -3.42. The van der Waals surface area contributed by atoms with Crippen molar-refractivity contribution in [1.29, 1.82) is 0 Å². The number of urea groups is 1. The van der Waals surface area contributed by atoms with Crippen LogP contribution in [0.1, 0.15) is 43.7 Å². The summed E-state index contributed by atoms with van der Waals surface area (Å²) in [4.78, 5) is 12.5. The van der Waals surface area contributed by atoms with E-state index in [2.05, 4.69) is 22.8 Å². The van der Waals surface area contributed by atoms with Crippen molar-refractivity contribution in [3.05, 3.63) is 65.7 Å². The zero-order chi connectivity index (χ0) is 21.4. The molecular weight excluding hydrogens is 398 g/mol. The van der Waals surface area contributed by atoms with Crippen molar-refractivity contribution in [2.75, 3.05) is 13.1 Å². The van der Waals surface area contributed by atoms with E-state index >= 15 is 0 Å². The lowest BCUT2D eigenvalue weighted by Gasteiger charge is -2.25. The van der Waals surface area contributed by atoms with Gasteiger partial charge in [0.2, 0.25) is 10.0 Å². The predicted octanol–water partition coefficient (Wildman–Crippen LogP) is 3.68. The van der Waals surface area contributed by atoms with Crippen LogP contribution < -0.4 is 10.6 Å². The summed E-state index contributed by atoms with van der Waals surface area (Å²) in [5.74, 6) is 0. The molecule has 2 N–H and O–H groups in total. The molecule has 0 bridgehead atoms. The van der Waals surface area contributed by atoms with E-state index < -0.39 is 10.0 Å². The topological polar surface area (TPSA) is 78.5 Å². The van der Waals surface area contributed by atoms with E-state index in [0.717, 1.165) is 37.7 Å². The average molecular weight is 430 g/mol. The minimum absolute atomic E-state index is 0.0577. The molecule has 1 fully saturated rings. The van der Waals surface area contributed by atoms with Gasteiger partial charge in [-0.2, -0.15) is 4.31 Å². The lowest BCUT2D eigenvalue weighted by atomic mass is 10.1. The number of piperidine rings is 1. The Morgan fingerprint density at radius 2 is 1.63 bits per heavy atom. The molecule has 2 aromatic carbocycles. The molecule has 30 heavy (non-hydrogen) atoms. The molecule has 0 saturated carbocycles. The predicted molar refractivity (Wildman–Crippen MR) is 119 cm³/mol. The van der Waals surface area contributed by atoms with E-state index in [1.165, 1.54) is 5.56 Å². The number of benzene rings is 2. The van der Waals surface area contributed by atoms with Crippen molar-refractivity contribution in [2.24, 2.45) is 0 Å². The Hall–Kier alpha value is -2.38. The highest BCUT2D eigenvalue weighted by molar-refractivity contribution is 7.89. The Morgan fingerprint density at radius 1 is 0.967 bits per heavy atom. The highest BCUT2D eigenvalue weighted by Crippen LogP contribution is 2.20. The smallest absolute Gasteiger partial charge is 0.315 e. The number of sulfonamides is 1. The first-order chi connectivity index (χ1) is 14.4. The third-order valence-corrected chi connectivity index (χ3v) is 7.33. The largest absolute Gasteiger partial charge is 0.336 e. The zero-order valence-corrected chi connectivity index (χ0v) is 18.3. The Labute approximate surface area is 179 Å². The fourth-order valence-corrected chi connectivity index (χ4v) is 5.11. The van der Waals surface area contributed by atoms with Gasteiger partial charge in [0.05, 0.1) is 4.90 Å². The average Bonchev–Trinajstić information content (AvgIpc) is 2.78. The van der Waals surface area contributed by atoms with Crippen LogP contribution in [0.4, 0.5) is 4.79 Å². The summed E-state index contributed by atoms with van der Waals surface area (Å²) >= 11 is 0. The van der Waals surface area contributed by atoms with Crippen LogP contribution in [0.2, 0.25) is 0 Å². The van der Waals surface area contributed by atoms with Gasteiger partial charge in [-0.05, 0) is 55.9 Å². The van der Waals surface area contributed by atoms with Crippen molar-refractivity contribution in [3.8, 4) is 0 Å². The lowest BCUT2D eigenvalue weighted by Crippen LogP contribution is -2.40. The number of nitrogens with one attached hydrogen (secondary N) is 2. The van der Waals surface area contributed by atoms with Gasteiger partial charge in [0.15, 0.2) is 0 Å². The summed E-state index contributed by atoms with van der Waals surface area (Å²) in [5, 5.41) is 5.79. The standard InChI is InChI=1S/C23H31N3O3S/c1-19(10-11-20-8-4-2-5-9-20)25-23(27)24-18-21-12-14-22(15-13-21)30(28,29)26-16-6-3-7-17-26/h2,4-5,8-9,12-15,19H,3,6-7,10-11,16-18H2,1H3,(H2,24,25,27). The van der Waals surface area contributed by atoms with Crippen LogP contribution in [0.25, 0.3) is 0 Å². The maximum atomic E-state index is 12.7. The van der Waals surface area contributed by atoms with E-state index in [9.17, 15) is 13.2 Å². The minimum Gasteiger partial charge on any atom is -0.336 e. The number of carbonyl (C=O) groups excluding carboxylic acids is 1. The second kappa shape index (κ2) is 10.6. The molecule has 0 radical (unpaired) electrons. The molecular formula is C23H31N3O3S. The van der Waals surface area contributed by atoms with Crippen LogP contribution >= 0.6 is 0 Å². The van der Waals surface area contributed by atoms with Crippen molar-refractivity contribution in [1.82, 2.24) is 14.9 Å². The van der Waals surface area contributed by atoms with Gasteiger partial charge in [-0.3, -0.25) is 0 Å². The molecule has 0 aliphatic carbocycles. The van der Waals surface area contributed by atoms with Crippen LogP contribution in [0, 0.1) is 0 Å². The molecule has 162 valence electrons. The monoisotopic (exact) mass is 429 g/mol. The Kier molecular flexibility index (Phi) is 7.87.